The van der Waals surface area contributed by atoms with Crippen LogP contribution in [0.1, 0.15) is 71.1 Å². The molecular weight excluding hydrogens is 440 g/mol. The molecule has 0 aliphatic heterocycles. The van der Waals surface area contributed by atoms with Crippen molar-refractivity contribution >= 4 is 44.7 Å². The summed E-state index contributed by atoms with van der Waals surface area (Å²) in [4.78, 5) is 30.3. The largest absolute Gasteiger partial charge is 0.755 e. The number of carboxylic acid groups (broad SMARTS) is 1. The van der Waals surface area contributed by atoms with E-state index in [0.717, 1.165) is 67.0 Å². The van der Waals surface area contributed by atoms with Crippen molar-refractivity contribution in [2.45, 2.75) is 83.2 Å². The number of aromatic nitrogens is 1. The number of thiazole rings is 1. The van der Waals surface area contributed by atoms with Crippen LogP contribution < -0.4 is 9.62 Å². The molecular formula is C20H31N4O5S2-. The molecule has 1 atom stereocenters. The summed E-state index contributed by atoms with van der Waals surface area (Å²) in [7, 11) is 0. The van der Waals surface area contributed by atoms with Crippen LogP contribution >= 0.6 is 11.3 Å². The Morgan fingerprint density at radius 3 is 2.45 bits per heavy atom. The van der Waals surface area contributed by atoms with Crippen molar-refractivity contribution < 1.29 is 23.5 Å². The zero-order chi connectivity index (χ0) is 22.4. The van der Waals surface area contributed by atoms with Crippen LogP contribution in [-0.4, -0.2) is 54.4 Å². The first-order valence-electron chi connectivity index (χ1n) is 11.0. The highest BCUT2D eigenvalue weighted by molar-refractivity contribution is 7.81. The summed E-state index contributed by atoms with van der Waals surface area (Å²) in [6.45, 7) is 2.07. The van der Waals surface area contributed by atoms with Gasteiger partial charge in [-0.25, -0.2) is 9.78 Å². The Morgan fingerprint density at radius 2 is 1.84 bits per heavy atom. The third kappa shape index (κ3) is 6.63. The molecule has 31 heavy (non-hydrogen) atoms. The number of hydrogen-bond donors (Lipinski definition) is 2. The summed E-state index contributed by atoms with van der Waals surface area (Å²) in [5, 5.41) is 12.3. The zero-order valence-electron chi connectivity index (χ0n) is 17.8. The quantitative estimate of drug-likeness (QED) is 0.553. The van der Waals surface area contributed by atoms with Crippen molar-refractivity contribution in [3.05, 3.63) is 6.20 Å². The van der Waals surface area contributed by atoms with Gasteiger partial charge in [0.2, 0.25) is 0 Å². The van der Waals surface area contributed by atoms with E-state index in [1.165, 1.54) is 12.6 Å². The van der Waals surface area contributed by atoms with Crippen LogP contribution in [-0.2, 0) is 16.1 Å². The van der Waals surface area contributed by atoms with E-state index in [-0.39, 0.29) is 36.1 Å². The van der Waals surface area contributed by atoms with Crippen LogP contribution in [0.2, 0.25) is 0 Å². The predicted molar refractivity (Wildman–Crippen MR) is 120 cm³/mol. The number of nitrogens with one attached hydrogen (secondary N) is 1. The third-order valence-electron chi connectivity index (χ3n) is 6.24. The number of carboxylic acids is 1. The second-order valence-corrected chi connectivity index (χ2v) is 10.4. The predicted octanol–water partition coefficient (Wildman–Crippen LogP) is 3.96. The van der Waals surface area contributed by atoms with Gasteiger partial charge < -0.3 is 14.6 Å². The van der Waals surface area contributed by atoms with Crippen molar-refractivity contribution in [2.75, 3.05) is 16.2 Å². The van der Waals surface area contributed by atoms with Crippen molar-refractivity contribution in [1.29, 1.82) is 0 Å². The summed E-state index contributed by atoms with van der Waals surface area (Å²) < 4.78 is 24.0. The smallest absolute Gasteiger partial charge is 0.324 e. The molecule has 174 valence electrons. The van der Waals surface area contributed by atoms with Crippen LogP contribution in [0.4, 0.5) is 14.9 Å². The second-order valence-electron chi connectivity index (χ2n) is 8.51. The second kappa shape index (κ2) is 11.2. The molecule has 2 aliphatic rings. The Balaban J connectivity index is 1.70. The summed E-state index contributed by atoms with van der Waals surface area (Å²) in [5.41, 5.74) is 0. The lowest BCUT2D eigenvalue weighted by Gasteiger charge is -2.42. The van der Waals surface area contributed by atoms with Crippen LogP contribution in [0.3, 0.4) is 0 Å². The number of carbonyl (C=O) groups is 2. The highest BCUT2D eigenvalue weighted by Crippen LogP contribution is 2.34. The standard InChI is InChI=1S/C20H32N4O5S2/c1-14-7-9-16(10-8-14)24(15-5-3-2-4-6-15)20(27)22-19-21-13-17(30-19)23(31(28)29)12-11-18(25)26/h13-16H,2-12H2,1H3,(H,25,26)(H,28,29)(H,21,22,27)/p-1. The number of urea groups is 1. The molecule has 3 rings (SSSR count). The lowest BCUT2D eigenvalue weighted by Crippen LogP contribution is -2.51. The molecule has 0 aromatic carbocycles. The minimum atomic E-state index is -2.62. The maximum Gasteiger partial charge on any atom is 0.324 e. The van der Waals surface area contributed by atoms with Crippen LogP contribution in [0.15, 0.2) is 6.20 Å². The van der Waals surface area contributed by atoms with Gasteiger partial charge in [-0.05, 0) is 44.4 Å². The molecule has 1 heterocycles. The van der Waals surface area contributed by atoms with Crippen molar-refractivity contribution in [1.82, 2.24) is 9.88 Å². The maximum absolute atomic E-state index is 13.3. The van der Waals surface area contributed by atoms with Gasteiger partial charge in [0.05, 0.1) is 12.6 Å². The number of amides is 2. The number of carbonyl (C=O) groups excluding carboxylic acids is 1. The van der Waals surface area contributed by atoms with Gasteiger partial charge in [-0.15, -0.1) is 0 Å². The van der Waals surface area contributed by atoms with E-state index < -0.39 is 17.2 Å². The van der Waals surface area contributed by atoms with Crippen LogP contribution in [0, 0.1) is 5.92 Å². The van der Waals surface area contributed by atoms with Gasteiger partial charge in [0, 0.05) is 29.9 Å². The monoisotopic (exact) mass is 471 g/mol. The molecule has 1 aromatic heterocycles. The van der Waals surface area contributed by atoms with E-state index in [4.69, 9.17) is 5.11 Å². The van der Waals surface area contributed by atoms with Gasteiger partial charge in [0.25, 0.3) is 0 Å². The number of aliphatic carboxylic acids is 1. The summed E-state index contributed by atoms with van der Waals surface area (Å²) in [5.74, 6) is -0.391. The average Bonchev–Trinajstić information content (AvgIpc) is 3.18. The first-order valence-corrected chi connectivity index (χ1v) is 12.8. The Labute approximate surface area is 189 Å². The van der Waals surface area contributed by atoms with Gasteiger partial charge in [-0.2, -0.15) is 0 Å². The van der Waals surface area contributed by atoms with E-state index in [1.54, 1.807) is 0 Å². The molecule has 0 bridgehead atoms. The third-order valence-corrected chi connectivity index (χ3v) is 8.03. The zero-order valence-corrected chi connectivity index (χ0v) is 19.5. The lowest BCUT2D eigenvalue weighted by molar-refractivity contribution is -0.136. The molecule has 2 aliphatic carbocycles. The highest BCUT2D eigenvalue weighted by atomic mass is 32.2. The van der Waals surface area contributed by atoms with Gasteiger partial charge in [-0.3, -0.25) is 18.6 Å². The van der Waals surface area contributed by atoms with Gasteiger partial charge in [0.15, 0.2) is 5.13 Å². The molecule has 2 fully saturated rings. The Kier molecular flexibility index (Phi) is 8.67. The number of rotatable bonds is 8. The van der Waals surface area contributed by atoms with Gasteiger partial charge in [-0.1, -0.05) is 37.5 Å². The minimum absolute atomic E-state index is 0.173. The topological polar surface area (TPSA) is 126 Å². The number of nitrogens with zero attached hydrogens (tertiary/aromatic N) is 3. The van der Waals surface area contributed by atoms with Gasteiger partial charge in [0.1, 0.15) is 5.00 Å². The molecule has 1 unspecified atom stereocenters. The molecule has 2 saturated carbocycles. The van der Waals surface area contributed by atoms with E-state index in [1.807, 2.05) is 4.90 Å². The first-order chi connectivity index (χ1) is 14.8. The van der Waals surface area contributed by atoms with Crippen molar-refractivity contribution in [3.63, 3.8) is 0 Å². The highest BCUT2D eigenvalue weighted by Gasteiger charge is 2.34. The molecule has 2 amide bonds. The molecule has 2 N–H and O–H groups in total. The molecule has 9 nitrogen and oxygen atoms in total. The van der Waals surface area contributed by atoms with E-state index in [2.05, 4.69) is 17.2 Å². The summed E-state index contributed by atoms with van der Waals surface area (Å²) in [6, 6.07) is 0.278. The Hall–Kier alpha value is -1.72. The number of hydrogen-bond acceptors (Lipinski definition) is 6. The molecule has 0 saturated heterocycles. The minimum Gasteiger partial charge on any atom is -0.755 e. The Morgan fingerprint density at radius 1 is 1.19 bits per heavy atom. The van der Waals surface area contributed by atoms with Crippen molar-refractivity contribution in [2.24, 2.45) is 5.92 Å². The fourth-order valence-electron chi connectivity index (χ4n) is 4.56. The normalized spacial score (nSPS) is 23.2. The molecule has 1 aromatic rings. The average molecular weight is 472 g/mol. The fraction of sp³-hybridized carbons (Fsp3) is 0.750. The molecule has 11 heteroatoms. The lowest BCUT2D eigenvalue weighted by atomic mass is 9.84. The van der Waals surface area contributed by atoms with Crippen LogP contribution in [0.5, 0.6) is 0 Å². The van der Waals surface area contributed by atoms with Crippen LogP contribution in [0.25, 0.3) is 0 Å². The summed E-state index contributed by atoms with van der Waals surface area (Å²) >= 11 is -1.59. The number of anilines is 2. The van der Waals surface area contributed by atoms with E-state index in [0.29, 0.717) is 11.0 Å². The fourth-order valence-corrected chi connectivity index (χ4v) is 6.03. The molecule has 0 spiro atoms. The maximum atomic E-state index is 13.3. The SMILES string of the molecule is CC1CCC(N(C(=O)Nc2ncc(N(CCC(=O)O)S(=O)[O-])s2)C2CCCCC2)CC1. The molecule has 0 radical (unpaired) electrons. The van der Waals surface area contributed by atoms with Gasteiger partial charge >= 0.3 is 12.0 Å². The van der Waals surface area contributed by atoms with E-state index in [9.17, 15) is 18.4 Å². The van der Waals surface area contributed by atoms with Crippen molar-refractivity contribution in [3.8, 4) is 0 Å². The van der Waals surface area contributed by atoms with E-state index >= 15 is 0 Å². The first kappa shape index (κ1) is 23.9. The summed E-state index contributed by atoms with van der Waals surface area (Å²) in [6.07, 6.45) is 10.8. The Bertz CT molecular complexity index is 775.